The maximum Gasteiger partial charge on any atom is 0.330 e. The third-order valence-corrected chi connectivity index (χ3v) is 3.15. The van der Waals surface area contributed by atoms with Crippen LogP contribution in [0.5, 0.6) is 11.5 Å². The topological polar surface area (TPSA) is 35.5 Å². The van der Waals surface area contributed by atoms with Crippen molar-refractivity contribution in [3.05, 3.63) is 65.7 Å². The molecule has 2 rings (SSSR count). The summed E-state index contributed by atoms with van der Waals surface area (Å²) in [6, 6.07) is 15.6. The second-order valence-corrected chi connectivity index (χ2v) is 4.75. The lowest BCUT2D eigenvalue weighted by molar-refractivity contribution is -0.137. The van der Waals surface area contributed by atoms with E-state index in [-0.39, 0.29) is 5.97 Å². The summed E-state index contributed by atoms with van der Waals surface area (Å²) in [7, 11) is 0. The number of esters is 1. The first-order valence-electron chi connectivity index (χ1n) is 7.43. The second kappa shape index (κ2) is 8.03. The van der Waals surface area contributed by atoms with Crippen LogP contribution in [0.25, 0.3) is 6.08 Å². The highest BCUT2D eigenvalue weighted by atomic mass is 16.5. The van der Waals surface area contributed by atoms with E-state index in [2.05, 4.69) is 19.1 Å². The van der Waals surface area contributed by atoms with Crippen molar-refractivity contribution < 1.29 is 14.3 Å². The number of aryl methyl sites for hydroxylation is 1. The summed E-state index contributed by atoms with van der Waals surface area (Å²) < 4.78 is 10.6. The summed E-state index contributed by atoms with van der Waals surface area (Å²) in [4.78, 5) is 11.2. The van der Waals surface area contributed by atoms with Crippen molar-refractivity contribution in [2.75, 3.05) is 6.61 Å². The van der Waals surface area contributed by atoms with Crippen LogP contribution in [0.15, 0.2) is 54.6 Å². The first-order valence-corrected chi connectivity index (χ1v) is 7.43. The maximum atomic E-state index is 11.2. The predicted octanol–water partition coefficient (Wildman–Crippen LogP) is 4.62. The number of rotatable bonds is 6. The Labute approximate surface area is 131 Å². The highest BCUT2D eigenvalue weighted by molar-refractivity contribution is 5.87. The van der Waals surface area contributed by atoms with Gasteiger partial charge in [0.05, 0.1) is 6.61 Å². The molecule has 0 fully saturated rings. The van der Waals surface area contributed by atoms with Gasteiger partial charge in [-0.3, -0.25) is 0 Å². The number of carbonyl (C=O) groups excluding carboxylic acids is 1. The van der Waals surface area contributed by atoms with E-state index in [1.807, 2.05) is 36.4 Å². The third-order valence-electron chi connectivity index (χ3n) is 3.15. The molecule has 0 heterocycles. The van der Waals surface area contributed by atoms with E-state index >= 15 is 0 Å². The van der Waals surface area contributed by atoms with Crippen LogP contribution in [0, 0.1) is 0 Å². The molecule has 0 aliphatic rings. The van der Waals surface area contributed by atoms with Gasteiger partial charge in [0.15, 0.2) is 0 Å². The molecular formula is C19H20O3. The fraction of sp³-hybridized carbons (Fsp3) is 0.211. The Morgan fingerprint density at radius 3 is 2.09 bits per heavy atom. The summed E-state index contributed by atoms with van der Waals surface area (Å²) in [6.45, 7) is 4.29. The van der Waals surface area contributed by atoms with Gasteiger partial charge in [0.2, 0.25) is 0 Å². The number of hydrogen-bond acceptors (Lipinski definition) is 3. The fourth-order valence-corrected chi connectivity index (χ4v) is 1.93. The van der Waals surface area contributed by atoms with Crippen LogP contribution in [0.4, 0.5) is 0 Å². The van der Waals surface area contributed by atoms with Gasteiger partial charge in [0.25, 0.3) is 0 Å². The lowest BCUT2D eigenvalue weighted by atomic mass is 10.2. The summed E-state index contributed by atoms with van der Waals surface area (Å²) >= 11 is 0. The first kappa shape index (κ1) is 15.8. The van der Waals surface area contributed by atoms with Crippen molar-refractivity contribution in [3.8, 4) is 11.5 Å². The molecule has 0 N–H and O–H groups in total. The van der Waals surface area contributed by atoms with E-state index in [4.69, 9.17) is 9.47 Å². The quantitative estimate of drug-likeness (QED) is 0.576. The van der Waals surface area contributed by atoms with Crippen LogP contribution in [-0.4, -0.2) is 12.6 Å². The van der Waals surface area contributed by atoms with Crippen molar-refractivity contribution in [1.82, 2.24) is 0 Å². The Hall–Kier alpha value is -2.55. The average Bonchev–Trinajstić information content (AvgIpc) is 2.55. The van der Waals surface area contributed by atoms with Crippen LogP contribution in [0.2, 0.25) is 0 Å². The second-order valence-electron chi connectivity index (χ2n) is 4.75. The minimum atomic E-state index is -0.334. The van der Waals surface area contributed by atoms with Gasteiger partial charge in [0, 0.05) is 6.08 Å². The molecule has 0 radical (unpaired) electrons. The van der Waals surface area contributed by atoms with Gasteiger partial charge in [-0.25, -0.2) is 4.79 Å². The minimum absolute atomic E-state index is 0.334. The van der Waals surface area contributed by atoms with Crippen LogP contribution in [-0.2, 0) is 16.0 Å². The van der Waals surface area contributed by atoms with E-state index in [0.717, 1.165) is 23.5 Å². The van der Waals surface area contributed by atoms with Gasteiger partial charge in [0.1, 0.15) is 11.5 Å². The third kappa shape index (κ3) is 4.77. The van der Waals surface area contributed by atoms with Gasteiger partial charge in [-0.2, -0.15) is 0 Å². The van der Waals surface area contributed by atoms with Crippen molar-refractivity contribution in [1.29, 1.82) is 0 Å². The van der Waals surface area contributed by atoms with Crippen molar-refractivity contribution in [2.24, 2.45) is 0 Å². The average molecular weight is 296 g/mol. The normalized spacial score (nSPS) is 10.6. The molecule has 3 heteroatoms. The molecule has 0 aliphatic heterocycles. The van der Waals surface area contributed by atoms with Gasteiger partial charge in [-0.15, -0.1) is 0 Å². The van der Waals surface area contributed by atoms with Gasteiger partial charge in [-0.05, 0) is 54.8 Å². The van der Waals surface area contributed by atoms with E-state index < -0.39 is 0 Å². The zero-order valence-corrected chi connectivity index (χ0v) is 12.9. The van der Waals surface area contributed by atoms with Crippen LogP contribution in [0.1, 0.15) is 25.0 Å². The Morgan fingerprint density at radius 2 is 1.55 bits per heavy atom. The van der Waals surface area contributed by atoms with Gasteiger partial charge in [-0.1, -0.05) is 31.2 Å². The molecule has 0 bridgehead atoms. The fourth-order valence-electron chi connectivity index (χ4n) is 1.93. The molecule has 0 aliphatic carbocycles. The largest absolute Gasteiger partial charge is 0.463 e. The number of carbonyl (C=O) groups is 1. The summed E-state index contributed by atoms with van der Waals surface area (Å²) in [5, 5.41) is 0. The first-order chi connectivity index (χ1) is 10.7. The Morgan fingerprint density at radius 1 is 0.955 bits per heavy atom. The zero-order valence-electron chi connectivity index (χ0n) is 12.9. The smallest absolute Gasteiger partial charge is 0.330 e. The number of ether oxygens (including phenoxy) is 2. The van der Waals surface area contributed by atoms with Crippen molar-refractivity contribution >= 4 is 12.0 Å². The molecule has 0 atom stereocenters. The van der Waals surface area contributed by atoms with Gasteiger partial charge < -0.3 is 9.47 Å². The molecule has 0 saturated carbocycles. The molecule has 0 spiro atoms. The molecule has 114 valence electrons. The molecule has 3 nitrogen and oxygen atoms in total. The summed E-state index contributed by atoms with van der Waals surface area (Å²) in [5.74, 6) is 1.24. The summed E-state index contributed by atoms with van der Waals surface area (Å²) in [5.41, 5.74) is 2.20. The van der Waals surface area contributed by atoms with Crippen LogP contribution < -0.4 is 4.74 Å². The molecule has 22 heavy (non-hydrogen) atoms. The van der Waals surface area contributed by atoms with Crippen LogP contribution in [0.3, 0.4) is 0 Å². The number of hydrogen-bond donors (Lipinski definition) is 0. The standard InChI is InChI=1S/C19H20O3/c1-3-15-5-10-17(11-6-15)22-18-12-7-16(8-13-18)9-14-19(20)21-4-2/h5-14H,3-4H2,1-2H3. The molecule has 2 aromatic rings. The SMILES string of the molecule is CCOC(=O)C=Cc1ccc(Oc2ccc(CC)cc2)cc1. The highest BCUT2D eigenvalue weighted by Gasteiger charge is 1.98. The molecular weight excluding hydrogens is 276 g/mol. The van der Waals surface area contributed by atoms with Crippen molar-refractivity contribution in [3.63, 3.8) is 0 Å². The molecule has 0 aromatic heterocycles. The molecule has 0 amide bonds. The maximum absolute atomic E-state index is 11.2. The minimum Gasteiger partial charge on any atom is -0.463 e. The lowest BCUT2D eigenvalue weighted by Gasteiger charge is -2.06. The van der Waals surface area contributed by atoms with E-state index in [1.54, 1.807) is 13.0 Å². The van der Waals surface area contributed by atoms with Crippen LogP contribution >= 0.6 is 0 Å². The van der Waals surface area contributed by atoms with E-state index in [9.17, 15) is 4.79 Å². The Balaban J connectivity index is 1.97. The zero-order chi connectivity index (χ0) is 15.8. The molecule has 2 aromatic carbocycles. The molecule has 0 saturated heterocycles. The van der Waals surface area contributed by atoms with E-state index in [0.29, 0.717) is 6.61 Å². The van der Waals surface area contributed by atoms with E-state index in [1.165, 1.54) is 11.6 Å². The lowest BCUT2D eigenvalue weighted by Crippen LogP contribution is -1.98. The Bertz CT molecular complexity index is 625. The summed E-state index contributed by atoms with van der Waals surface area (Å²) in [6.07, 6.45) is 4.16. The predicted molar refractivity (Wildman–Crippen MR) is 88.0 cm³/mol. The molecule has 0 unspecified atom stereocenters. The van der Waals surface area contributed by atoms with Crippen molar-refractivity contribution in [2.45, 2.75) is 20.3 Å². The van der Waals surface area contributed by atoms with Gasteiger partial charge >= 0.3 is 5.97 Å². The highest BCUT2D eigenvalue weighted by Crippen LogP contribution is 2.22. The number of benzene rings is 2. The monoisotopic (exact) mass is 296 g/mol. The Kier molecular flexibility index (Phi) is 5.78.